The molecule has 118 valence electrons. The van der Waals surface area contributed by atoms with Gasteiger partial charge in [-0.1, -0.05) is 13.8 Å². The summed E-state index contributed by atoms with van der Waals surface area (Å²) in [5, 5.41) is 7.94. The minimum Gasteiger partial charge on any atom is -0.352 e. The standard InChI is InChI=1S/C17H19N5O/c1-11(2)8-19-17(23)13-7-15(12-5-4-6-18-9-12)21-16-14(13)10-20-22(16)3/h4-7,9-11H,8H2,1-3H3,(H,19,23). The summed E-state index contributed by atoms with van der Waals surface area (Å²) in [6.07, 6.45) is 5.13. The van der Waals surface area contributed by atoms with Crippen LogP contribution in [0, 0.1) is 5.92 Å². The van der Waals surface area contributed by atoms with Gasteiger partial charge in [0, 0.05) is 31.5 Å². The predicted octanol–water partition coefficient (Wildman–Crippen LogP) is 2.42. The summed E-state index contributed by atoms with van der Waals surface area (Å²) < 4.78 is 1.68. The first kappa shape index (κ1) is 15.1. The molecule has 0 bridgehead atoms. The molecule has 6 nitrogen and oxygen atoms in total. The molecule has 3 aromatic heterocycles. The molecule has 1 N–H and O–H groups in total. The molecule has 23 heavy (non-hydrogen) atoms. The Morgan fingerprint density at radius 1 is 1.35 bits per heavy atom. The summed E-state index contributed by atoms with van der Waals surface area (Å²) >= 11 is 0. The normalized spacial score (nSPS) is 11.1. The fraction of sp³-hybridized carbons (Fsp3) is 0.294. The van der Waals surface area contributed by atoms with Crippen molar-refractivity contribution in [1.82, 2.24) is 25.1 Å². The van der Waals surface area contributed by atoms with Gasteiger partial charge in [-0.2, -0.15) is 5.10 Å². The zero-order valence-electron chi connectivity index (χ0n) is 13.4. The number of nitrogens with zero attached hydrogens (tertiary/aromatic N) is 4. The third-order valence-electron chi connectivity index (χ3n) is 3.58. The van der Waals surface area contributed by atoms with Gasteiger partial charge < -0.3 is 5.32 Å². The van der Waals surface area contributed by atoms with Gasteiger partial charge in [0.05, 0.1) is 22.8 Å². The third-order valence-corrected chi connectivity index (χ3v) is 3.58. The van der Waals surface area contributed by atoms with E-state index < -0.39 is 0 Å². The number of rotatable bonds is 4. The maximum absolute atomic E-state index is 12.6. The van der Waals surface area contributed by atoms with Gasteiger partial charge >= 0.3 is 0 Å². The topological polar surface area (TPSA) is 72.7 Å². The number of aromatic nitrogens is 4. The Bertz CT molecular complexity index is 839. The van der Waals surface area contributed by atoms with Crippen LogP contribution in [0.2, 0.25) is 0 Å². The van der Waals surface area contributed by atoms with Crippen LogP contribution in [0.1, 0.15) is 24.2 Å². The lowest BCUT2D eigenvalue weighted by Gasteiger charge is -2.10. The summed E-state index contributed by atoms with van der Waals surface area (Å²) in [6, 6.07) is 5.58. The SMILES string of the molecule is CC(C)CNC(=O)c1cc(-c2cccnc2)nc2c1cnn2C. The highest BCUT2D eigenvalue weighted by Gasteiger charge is 2.16. The van der Waals surface area contributed by atoms with Crippen LogP contribution in [0.5, 0.6) is 0 Å². The molecule has 0 saturated carbocycles. The summed E-state index contributed by atoms with van der Waals surface area (Å²) in [4.78, 5) is 21.3. The van der Waals surface area contributed by atoms with E-state index in [1.165, 1.54) is 0 Å². The second kappa shape index (κ2) is 6.16. The third kappa shape index (κ3) is 3.06. The average Bonchev–Trinajstić information content (AvgIpc) is 2.94. The maximum Gasteiger partial charge on any atom is 0.252 e. The van der Waals surface area contributed by atoms with Crippen molar-refractivity contribution >= 4 is 16.9 Å². The van der Waals surface area contributed by atoms with Gasteiger partial charge in [-0.25, -0.2) is 4.98 Å². The van der Waals surface area contributed by atoms with Crippen molar-refractivity contribution < 1.29 is 4.79 Å². The summed E-state index contributed by atoms with van der Waals surface area (Å²) in [5.74, 6) is 0.284. The molecule has 1 amide bonds. The van der Waals surface area contributed by atoms with Crippen LogP contribution in [-0.4, -0.2) is 32.2 Å². The quantitative estimate of drug-likeness (QED) is 0.803. The van der Waals surface area contributed by atoms with E-state index in [-0.39, 0.29) is 5.91 Å². The highest BCUT2D eigenvalue weighted by atomic mass is 16.1. The van der Waals surface area contributed by atoms with Crippen molar-refractivity contribution in [2.75, 3.05) is 6.54 Å². The van der Waals surface area contributed by atoms with Gasteiger partial charge in [-0.3, -0.25) is 14.5 Å². The van der Waals surface area contributed by atoms with Gasteiger partial charge in [-0.05, 0) is 24.1 Å². The zero-order chi connectivity index (χ0) is 16.4. The molecule has 0 aliphatic carbocycles. The largest absolute Gasteiger partial charge is 0.352 e. The molecule has 0 saturated heterocycles. The Kier molecular flexibility index (Phi) is 4.06. The van der Waals surface area contributed by atoms with Crippen molar-refractivity contribution in [3.8, 4) is 11.3 Å². The second-order valence-corrected chi connectivity index (χ2v) is 5.91. The highest BCUT2D eigenvalue weighted by molar-refractivity contribution is 6.06. The summed E-state index contributed by atoms with van der Waals surface area (Å²) in [5.41, 5.74) is 2.85. The summed E-state index contributed by atoms with van der Waals surface area (Å²) in [7, 11) is 1.82. The van der Waals surface area contributed by atoms with Crippen LogP contribution in [0.15, 0.2) is 36.8 Å². The molecule has 0 atom stereocenters. The van der Waals surface area contributed by atoms with Gasteiger partial charge in [0.25, 0.3) is 5.91 Å². The van der Waals surface area contributed by atoms with Crippen LogP contribution < -0.4 is 5.32 Å². The summed E-state index contributed by atoms with van der Waals surface area (Å²) in [6.45, 7) is 4.76. The Morgan fingerprint density at radius 3 is 2.87 bits per heavy atom. The van der Waals surface area contributed by atoms with E-state index in [1.807, 2.05) is 19.2 Å². The Hall–Kier alpha value is -2.76. The minimum absolute atomic E-state index is 0.107. The number of aryl methyl sites for hydroxylation is 1. The lowest BCUT2D eigenvalue weighted by atomic mass is 10.1. The Balaban J connectivity index is 2.10. The molecule has 3 rings (SSSR count). The minimum atomic E-state index is -0.107. The molecule has 0 aliphatic heterocycles. The average molecular weight is 309 g/mol. The van der Waals surface area contributed by atoms with Crippen molar-refractivity contribution in [3.63, 3.8) is 0 Å². The van der Waals surface area contributed by atoms with Gasteiger partial charge in [-0.15, -0.1) is 0 Å². The second-order valence-electron chi connectivity index (χ2n) is 5.91. The molecular formula is C17H19N5O. The highest BCUT2D eigenvalue weighted by Crippen LogP contribution is 2.24. The number of nitrogens with one attached hydrogen (secondary N) is 1. The lowest BCUT2D eigenvalue weighted by Crippen LogP contribution is -2.27. The monoisotopic (exact) mass is 309 g/mol. The van der Waals surface area contributed by atoms with Crippen LogP contribution >= 0.6 is 0 Å². The van der Waals surface area contributed by atoms with Crippen molar-refractivity contribution in [2.24, 2.45) is 13.0 Å². The van der Waals surface area contributed by atoms with E-state index in [4.69, 9.17) is 0 Å². The lowest BCUT2D eigenvalue weighted by molar-refractivity contribution is 0.0950. The molecule has 0 aromatic carbocycles. The molecule has 0 radical (unpaired) electrons. The Morgan fingerprint density at radius 2 is 2.17 bits per heavy atom. The number of fused-ring (bicyclic) bond motifs is 1. The first-order valence-electron chi connectivity index (χ1n) is 7.57. The van der Waals surface area contributed by atoms with Crippen LogP contribution in [0.3, 0.4) is 0 Å². The zero-order valence-corrected chi connectivity index (χ0v) is 13.4. The fourth-order valence-corrected chi connectivity index (χ4v) is 2.36. The van der Waals surface area contributed by atoms with Gasteiger partial charge in [0.15, 0.2) is 5.65 Å². The molecule has 0 aliphatic rings. The predicted molar refractivity (Wildman–Crippen MR) is 88.9 cm³/mol. The van der Waals surface area contributed by atoms with Crippen LogP contribution in [-0.2, 0) is 7.05 Å². The molecule has 3 aromatic rings. The molecule has 0 fully saturated rings. The number of hydrogen-bond donors (Lipinski definition) is 1. The molecule has 3 heterocycles. The van der Waals surface area contributed by atoms with E-state index in [1.54, 1.807) is 29.3 Å². The molecule has 6 heteroatoms. The molecule has 0 unspecified atom stereocenters. The van der Waals surface area contributed by atoms with Crippen molar-refractivity contribution in [2.45, 2.75) is 13.8 Å². The van der Waals surface area contributed by atoms with E-state index in [2.05, 4.69) is 34.2 Å². The van der Waals surface area contributed by atoms with Gasteiger partial charge in [0.1, 0.15) is 0 Å². The first-order valence-corrected chi connectivity index (χ1v) is 7.57. The number of hydrogen-bond acceptors (Lipinski definition) is 4. The van der Waals surface area contributed by atoms with Crippen molar-refractivity contribution in [3.05, 3.63) is 42.4 Å². The van der Waals surface area contributed by atoms with Crippen molar-refractivity contribution in [1.29, 1.82) is 0 Å². The number of pyridine rings is 2. The fourth-order valence-electron chi connectivity index (χ4n) is 2.36. The van der Waals surface area contributed by atoms with E-state index in [9.17, 15) is 4.79 Å². The molecular weight excluding hydrogens is 290 g/mol. The smallest absolute Gasteiger partial charge is 0.252 e. The number of carbonyl (C=O) groups is 1. The Labute approximate surface area is 134 Å². The molecule has 0 spiro atoms. The van der Waals surface area contributed by atoms with Crippen LogP contribution in [0.4, 0.5) is 0 Å². The van der Waals surface area contributed by atoms with E-state index >= 15 is 0 Å². The van der Waals surface area contributed by atoms with Crippen LogP contribution in [0.25, 0.3) is 22.3 Å². The van der Waals surface area contributed by atoms with E-state index in [0.29, 0.717) is 29.4 Å². The van der Waals surface area contributed by atoms with E-state index in [0.717, 1.165) is 10.9 Å². The number of amides is 1. The number of carbonyl (C=O) groups excluding carboxylic acids is 1. The first-order chi connectivity index (χ1) is 11.1. The van der Waals surface area contributed by atoms with Gasteiger partial charge in [0.2, 0.25) is 0 Å². The maximum atomic E-state index is 12.6.